The van der Waals surface area contributed by atoms with E-state index in [9.17, 15) is 9.59 Å². The maximum Gasteiger partial charge on any atom is 0.255 e. The van der Waals surface area contributed by atoms with Gasteiger partial charge in [0.1, 0.15) is 11.5 Å². The number of piperidine rings is 1. The number of halogens is 1. The van der Waals surface area contributed by atoms with Crippen molar-refractivity contribution in [2.75, 3.05) is 37.2 Å². The summed E-state index contributed by atoms with van der Waals surface area (Å²) in [4.78, 5) is 29.0. The molecule has 0 unspecified atom stereocenters. The molecule has 8 nitrogen and oxygen atoms in total. The Labute approximate surface area is 257 Å². The van der Waals surface area contributed by atoms with Crippen LogP contribution in [-0.4, -0.2) is 44.7 Å². The van der Waals surface area contributed by atoms with Crippen molar-refractivity contribution in [2.24, 2.45) is 0 Å². The molecule has 0 radical (unpaired) electrons. The van der Waals surface area contributed by atoms with Crippen LogP contribution in [0, 0.1) is 6.92 Å². The van der Waals surface area contributed by atoms with E-state index in [0.717, 1.165) is 54.3 Å². The number of carbonyl (C=O) groups is 2. The molecule has 0 bridgehead atoms. The number of methoxy groups -OCH3 is 2. The molecule has 1 fully saturated rings. The zero-order chi connectivity index (χ0) is 30.4. The minimum atomic E-state index is -0.402. The Bertz CT molecular complexity index is 1410. The fourth-order valence-electron chi connectivity index (χ4n) is 5.13. The van der Waals surface area contributed by atoms with Gasteiger partial charge in [-0.15, -0.1) is 0 Å². The van der Waals surface area contributed by atoms with Gasteiger partial charge < -0.3 is 19.7 Å². The normalized spacial score (nSPS) is 13.4. The Morgan fingerprint density at radius 1 is 0.976 bits per heavy atom. The summed E-state index contributed by atoms with van der Waals surface area (Å²) < 4.78 is 11.6. The van der Waals surface area contributed by atoms with Crippen molar-refractivity contribution in [3.05, 3.63) is 75.8 Å². The van der Waals surface area contributed by atoms with Crippen molar-refractivity contribution in [3.8, 4) is 11.5 Å². The van der Waals surface area contributed by atoms with Crippen LogP contribution in [-0.2, 0) is 11.2 Å². The molecule has 1 heterocycles. The predicted molar refractivity (Wildman–Crippen MR) is 172 cm³/mol. The molecule has 0 aromatic heterocycles. The van der Waals surface area contributed by atoms with Crippen molar-refractivity contribution >= 4 is 44.8 Å². The fraction of sp³-hybridized carbons (Fsp3) is 0.394. The lowest BCUT2D eigenvalue weighted by atomic mass is 10.0. The maximum absolute atomic E-state index is 13.7. The second kappa shape index (κ2) is 13.5. The van der Waals surface area contributed by atoms with Crippen LogP contribution < -0.4 is 30.1 Å². The van der Waals surface area contributed by atoms with E-state index in [1.165, 1.54) is 13.5 Å². The molecule has 9 heteroatoms. The van der Waals surface area contributed by atoms with Gasteiger partial charge in [-0.05, 0) is 101 Å². The third-order valence-electron chi connectivity index (χ3n) is 7.16. The zero-order valence-electron chi connectivity index (χ0n) is 25.3. The van der Waals surface area contributed by atoms with E-state index < -0.39 is 5.54 Å². The summed E-state index contributed by atoms with van der Waals surface area (Å²) in [6, 6.07) is 17.4. The highest BCUT2D eigenvalue weighted by Gasteiger charge is 2.25. The third-order valence-corrected chi connectivity index (χ3v) is 7.89. The number of para-hydroxylation sites is 1. The van der Waals surface area contributed by atoms with Gasteiger partial charge in [0.15, 0.2) is 0 Å². The van der Waals surface area contributed by atoms with Crippen LogP contribution in [0.3, 0.4) is 0 Å². The molecule has 2 amide bonds. The van der Waals surface area contributed by atoms with Crippen molar-refractivity contribution in [1.82, 2.24) is 10.7 Å². The number of hydrogen-bond donors (Lipinski definition) is 2. The van der Waals surface area contributed by atoms with Gasteiger partial charge in [-0.2, -0.15) is 0 Å². The van der Waals surface area contributed by atoms with Crippen LogP contribution in [0.2, 0.25) is 0 Å². The Morgan fingerprint density at radius 2 is 1.67 bits per heavy atom. The van der Waals surface area contributed by atoms with Crippen LogP contribution in [0.25, 0.3) is 0 Å². The molecule has 224 valence electrons. The summed E-state index contributed by atoms with van der Waals surface area (Å²) in [6.07, 6.45) is 3.57. The summed E-state index contributed by atoms with van der Waals surface area (Å²) in [5.74, 6) is 0.679. The molecule has 42 heavy (non-hydrogen) atoms. The topological polar surface area (TPSA) is 83.1 Å². The largest absolute Gasteiger partial charge is 0.497 e. The number of nitrogens with one attached hydrogen (secondary N) is 2. The molecular formula is C33H41BrN4O4. The Balaban J connectivity index is 1.67. The number of hydrazine groups is 1. The Hall–Kier alpha value is -3.72. The lowest BCUT2D eigenvalue weighted by Crippen LogP contribution is -2.42. The smallest absolute Gasteiger partial charge is 0.255 e. The van der Waals surface area contributed by atoms with Gasteiger partial charge in [-0.25, -0.2) is 0 Å². The van der Waals surface area contributed by atoms with Gasteiger partial charge in [0.05, 0.1) is 43.3 Å². The maximum atomic E-state index is 13.7. The van der Waals surface area contributed by atoms with Crippen molar-refractivity contribution < 1.29 is 19.1 Å². The molecule has 1 aliphatic rings. The molecule has 1 aliphatic heterocycles. The van der Waals surface area contributed by atoms with Gasteiger partial charge >= 0.3 is 0 Å². The first kappa shape index (κ1) is 31.2. The van der Waals surface area contributed by atoms with Crippen LogP contribution >= 0.6 is 15.9 Å². The van der Waals surface area contributed by atoms with Crippen LogP contribution in [0.15, 0.2) is 59.1 Å². The van der Waals surface area contributed by atoms with E-state index in [-0.39, 0.29) is 18.2 Å². The molecule has 4 rings (SSSR count). The van der Waals surface area contributed by atoms with E-state index in [2.05, 4.69) is 56.7 Å². The Morgan fingerprint density at radius 3 is 2.29 bits per heavy atom. The molecular weight excluding hydrogens is 596 g/mol. The standard InChI is InChI=1S/C33H41BrN4O4/c1-22-11-10-12-28(37-17-8-7-9-18-37)31(22)38(24-13-15-25(41-5)16-14-24)36-30(39)20-23-19-29(42-6)26(21-27(23)34)32(40)35-33(2,3)4/h10-16,19,21H,7-9,17-18,20H2,1-6H3,(H,35,40)(H,36,39). The summed E-state index contributed by atoms with van der Waals surface area (Å²) in [5, 5.41) is 4.84. The average molecular weight is 638 g/mol. The second-order valence-corrected chi connectivity index (χ2v) is 12.4. The number of anilines is 3. The molecule has 3 aromatic rings. The van der Waals surface area contributed by atoms with Gasteiger partial charge in [-0.3, -0.25) is 20.0 Å². The van der Waals surface area contributed by atoms with E-state index in [1.54, 1.807) is 19.2 Å². The summed E-state index contributed by atoms with van der Waals surface area (Å²) in [6.45, 7) is 9.78. The monoisotopic (exact) mass is 636 g/mol. The number of aryl methyl sites for hydroxylation is 1. The van der Waals surface area contributed by atoms with E-state index >= 15 is 0 Å². The summed E-state index contributed by atoms with van der Waals surface area (Å²) >= 11 is 3.58. The fourth-order valence-corrected chi connectivity index (χ4v) is 5.61. The van der Waals surface area contributed by atoms with E-state index in [4.69, 9.17) is 9.47 Å². The molecule has 0 spiro atoms. The SMILES string of the molecule is COc1ccc(N(NC(=O)Cc2cc(OC)c(C(=O)NC(C)(C)C)cc2Br)c2c(C)cccc2N2CCCCC2)cc1. The molecule has 0 aliphatic carbocycles. The van der Waals surface area contributed by atoms with Gasteiger partial charge in [0.2, 0.25) is 5.91 Å². The molecule has 0 atom stereocenters. The summed E-state index contributed by atoms with van der Waals surface area (Å²) in [7, 11) is 3.15. The minimum Gasteiger partial charge on any atom is -0.497 e. The first-order chi connectivity index (χ1) is 20.0. The van der Waals surface area contributed by atoms with Crippen molar-refractivity contribution in [3.63, 3.8) is 0 Å². The molecule has 1 saturated heterocycles. The van der Waals surface area contributed by atoms with Crippen LogP contribution in [0.1, 0.15) is 61.5 Å². The van der Waals surface area contributed by atoms with Gasteiger partial charge in [-0.1, -0.05) is 28.1 Å². The van der Waals surface area contributed by atoms with E-state index in [1.807, 2.05) is 50.0 Å². The number of benzene rings is 3. The molecule has 2 N–H and O–H groups in total. The van der Waals surface area contributed by atoms with Crippen LogP contribution in [0.4, 0.5) is 17.1 Å². The lowest BCUT2D eigenvalue weighted by Gasteiger charge is -2.35. The lowest BCUT2D eigenvalue weighted by molar-refractivity contribution is -0.120. The predicted octanol–water partition coefficient (Wildman–Crippen LogP) is 6.71. The van der Waals surface area contributed by atoms with Gasteiger partial charge in [0.25, 0.3) is 5.91 Å². The van der Waals surface area contributed by atoms with Crippen molar-refractivity contribution in [1.29, 1.82) is 0 Å². The van der Waals surface area contributed by atoms with Crippen LogP contribution in [0.5, 0.6) is 11.5 Å². The molecule has 0 saturated carbocycles. The van der Waals surface area contributed by atoms with Gasteiger partial charge in [0, 0.05) is 23.1 Å². The number of hydrogen-bond acceptors (Lipinski definition) is 6. The first-order valence-electron chi connectivity index (χ1n) is 14.3. The Kier molecular flexibility index (Phi) is 10.0. The summed E-state index contributed by atoms with van der Waals surface area (Å²) in [5.41, 5.74) is 7.75. The van der Waals surface area contributed by atoms with E-state index in [0.29, 0.717) is 21.3 Å². The third kappa shape index (κ3) is 7.56. The first-order valence-corrected chi connectivity index (χ1v) is 15.1. The quantitative estimate of drug-likeness (QED) is 0.254. The number of ether oxygens (including phenoxy) is 2. The second-order valence-electron chi connectivity index (χ2n) is 11.6. The number of rotatable bonds is 9. The average Bonchev–Trinajstić information content (AvgIpc) is 2.96. The molecule has 3 aromatic carbocycles. The zero-order valence-corrected chi connectivity index (χ0v) is 26.9. The highest BCUT2D eigenvalue weighted by Crippen LogP contribution is 2.38. The highest BCUT2D eigenvalue weighted by atomic mass is 79.9. The number of carbonyl (C=O) groups excluding carboxylic acids is 2. The highest BCUT2D eigenvalue weighted by molar-refractivity contribution is 9.10. The number of amides is 2. The van der Waals surface area contributed by atoms with Crippen molar-refractivity contribution in [2.45, 2.75) is 58.9 Å². The minimum absolute atomic E-state index is 0.0652. The number of nitrogens with zero attached hydrogens (tertiary/aromatic N) is 2.